The van der Waals surface area contributed by atoms with Gasteiger partial charge in [-0.1, -0.05) is 0 Å². The molecule has 1 atom stereocenters. The molecule has 1 heterocycles. The molecule has 0 aliphatic rings. The summed E-state index contributed by atoms with van der Waals surface area (Å²) >= 11 is 0. The van der Waals surface area contributed by atoms with Crippen LogP contribution in [0.5, 0.6) is 0 Å². The van der Waals surface area contributed by atoms with E-state index < -0.39 is 5.97 Å². The molecule has 6 nitrogen and oxygen atoms in total. The molecule has 18 heavy (non-hydrogen) atoms. The molecule has 0 aromatic carbocycles. The average molecular weight is 253 g/mol. The van der Waals surface area contributed by atoms with Gasteiger partial charge in [0.1, 0.15) is 0 Å². The first-order chi connectivity index (χ1) is 8.34. The number of carboxylic acid groups (broad SMARTS) is 1. The van der Waals surface area contributed by atoms with E-state index >= 15 is 0 Å². The van der Waals surface area contributed by atoms with Gasteiger partial charge >= 0.3 is 5.97 Å². The van der Waals surface area contributed by atoms with Gasteiger partial charge in [-0.15, -0.1) is 0 Å². The number of hydrogen-bond acceptors (Lipinski definition) is 3. The van der Waals surface area contributed by atoms with Crippen LogP contribution in [0.3, 0.4) is 0 Å². The molecule has 6 heteroatoms. The van der Waals surface area contributed by atoms with Gasteiger partial charge in [0.05, 0.1) is 18.0 Å². The summed E-state index contributed by atoms with van der Waals surface area (Å²) in [6.45, 7) is 5.73. The van der Waals surface area contributed by atoms with Crippen molar-refractivity contribution in [1.29, 1.82) is 0 Å². The highest BCUT2D eigenvalue weighted by Crippen LogP contribution is 2.22. The topological polar surface area (TPSA) is 84.2 Å². The van der Waals surface area contributed by atoms with Crippen molar-refractivity contribution in [2.24, 2.45) is 7.05 Å². The van der Waals surface area contributed by atoms with Crippen molar-refractivity contribution in [2.45, 2.75) is 33.1 Å². The van der Waals surface area contributed by atoms with Crippen LogP contribution in [-0.4, -0.2) is 33.3 Å². The second-order valence-corrected chi connectivity index (χ2v) is 4.36. The average Bonchev–Trinajstić information content (AvgIpc) is 2.51. The van der Waals surface area contributed by atoms with Crippen molar-refractivity contribution in [3.8, 4) is 0 Å². The molecule has 0 bridgehead atoms. The third kappa shape index (κ3) is 3.09. The van der Waals surface area contributed by atoms with Gasteiger partial charge in [0, 0.05) is 24.8 Å². The van der Waals surface area contributed by atoms with Crippen LogP contribution in [0.2, 0.25) is 0 Å². The third-order valence-corrected chi connectivity index (χ3v) is 3.03. The fourth-order valence-electron chi connectivity index (χ4n) is 1.99. The Kier molecular flexibility index (Phi) is 4.47. The first kappa shape index (κ1) is 14.2. The number of nitrogens with zero attached hydrogens (tertiary/aromatic N) is 2. The van der Waals surface area contributed by atoms with Gasteiger partial charge < -0.3 is 10.4 Å². The van der Waals surface area contributed by atoms with Crippen molar-refractivity contribution in [3.05, 3.63) is 17.0 Å². The summed E-state index contributed by atoms with van der Waals surface area (Å²) in [7, 11) is 1.83. The van der Waals surface area contributed by atoms with E-state index in [4.69, 9.17) is 5.11 Å². The van der Waals surface area contributed by atoms with Gasteiger partial charge in [-0.25, -0.2) is 0 Å². The smallest absolute Gasteiger partial charge is 0.305 e. The first-order valence-corrected chi connectivity index (χ1v) is 5.84. The van der Waals surface area contributed by atoms with Gasteiger partial charge in [0.2, 0.25) is 5.91 Å². The number of hydrogen-bond donors (Lipinski definition) is 2. The van der Waals surface area contributed by atoms with Crippen LogP contribution in [0.1, 0.15) is 36.2 Å². The number of aryl methyl sites for hydroxylation is 2. The number of rotatable bonds is 5. The molecule has 0 aliphatic heterocycles. The minimum atomic E-state index is -0.920. The van der Waals surface area contributed by atoms with E-state index in [-0.39, 0.29) is 24.8 Å². The third-order valence-electron chi connectivity index (χ3n) is 3.03. The molecular weight excluding hydrogens is 234 g/mol. The quantitative estimate of drug-likeness (QED) is 0.810. The molecule has 1 unspecified atom stereocenters. The van der Waals surface area contributed by atoms with Crippen molar-refractivity contribution < 1.29 is 14.7 Å². The van der Waals surface area contributed by atoms with E-state index in [0.717, 1.165) is 17.0 Å². The molecule has 0 fully saturated rings. The maximum atomic E-state index is 11.9. The fourth-order valence-corrected chi connectivity index (χ4v) is 1.99. The molecule has 0 saturated carbocycles. The molecule has 1 aromatic rings. The molecule has 0 aliphatic carbocycles. The normalized spacial score (nSPS) is 12.2. The Morgan fingerprint density at radius 1 is 1.44 bits per heavy atom. The van der Waals surface area contributed by atoms with Crippen LogP contribution in [0.25, 0.3) is 0 Å². The summed E-state index contributed by atoms with van der Waals surface area (Å²) in [5.41, 5.74) is 2.69. The summed E-state index contributed by atoms with van der Waals surface area (Å²) in [5.74, 6) is -1.42. The lowest BCUT2D eigenvalue weighted by Crippen LogP contribution is -2.30. The van der Waals surface area contributed by atoms with Gasteiger partial charge in [0.25, 0.3) is 0 Å². The van der Waals surface area contributed by atoms with E-state index in [2.05, 4.69) is 10.4 Å². The number of carbonyl (C=O) groups is 2. The number of carbonyl (C=O) groups excluding carboxylic acids is 1. The summed E-state index contributed by atoms with van der Waals surface area (Å²) in [5, 5.41) is 15.4. The van der Waals surface area contributed by atoms with E-state index in [1.54, 1.807) is 11.6 Å². The molecule has 1 amide bonds. The van der Waals surface area contributed by atoms with Gasteiger partial charge in [-0.2, -0.15) is 5.10 Å². The molecule has 2 N–H and O–H groups in total. The van der Waals surface area contributed by atoms with E-state index in [0.29, 0.717) is 0 Å². The molecular formula is C12H19N3O3. The number of carboxylic acids is 1. The first-order valence-electron chi connectivity index (χ1n) is 5.84. The van der Waals surface area contributed by atoms with Crippen LogP contribution in [0.4, 0.5) is 0 Å². The predicted molar refractivity (Wildman–Crippen MR) is 66.4 cm³/mol. The monoisotopic (exact) mass is 253 g/mol. The minimum Gasteiger partial charge on any atom is -0.481 e. The van der Waals surface area contributed by atoms with Crippen LogP contribution in [-0.2, 0) is 16.6 Å². The van der Waals surface area contributed by atoms with Crippen LogP contribution in [0, 0.1) is 13.8 Å². The Balaban J connectivity index is 2.71. The molecule has 1 aromatic heterocycles. The minimum absolute atomic E-state index is 0.0660. The Morgan fingerprint density at radius 2 is 2.06 bits per heavy atom. The SMILES string of the molecule is Cc1nn(C)c(C)c1C(C)C(=O)NCCC(=O)O. The zero-order chi connectivity index (χ0) is 13.9. The van der Waals surface area contributed by atoms with E-state index in [1.165, 1.54) is 0 Å². The molecule has 0 spiro atoms. The number of aliphatic carboxylic acids is 1. The van der Waals surface area contributed by atoms with Gasteiger partial charge in [-0.05, 0) is 20.8 Å². The number of nitrogens with one attached hydrogen (secondary N) is 1. The summed E-state index contributed by atoms with van der Waals surface area (Å²) in [6, 6.07) is 0. The summed E-state index contributed by atoms with van der Waals surface area (Å²) < 4.78 is 1.74. The highest BCUT2D eigenvalue weighted by atomic mass is 16.4. The molecule has 0 radical (unpaired) electrons. The molecule has 0 saturated heterocycles. The lowest BCUT2D eigenvalue weighted by Gasteiger charge is -2.12. The largest absolute Gasteiger partial charge is 0.481 e. The Labute approximate surface area is 106 Å². The molecule has 100 valence electrons. The second-order valence-electron chi connectivity index (χ2n) is 4.36. The Morgan fingerprint density at radius 3 is 2.50 bits per heavy atom. The van der Waals surface area contributed by atoms with E-state index in [1.807, 2.05) is 20.9 Å². The maximum Gasteiger partial charge on any atom is 0.305 e. The van der Waals surface area contributed by atoms with Crippen LogP contribution < -0.4 is 5.32 Å². The van der Waals surface area contributed by atoms with Crippen molar-refractivity contribution in [2.75, 3.05) is 6.54 Å². The lowest BCUT2D eigenvalue weighted by atomic mass is 9.98. The maximum absolute atomic E-state index is 11.9. The highest BCUT2D eigenvalue weighted by molar-refractivity contribution is 5.84. The predicted octanol–water partition coefficient (Wildman–Crippen LogP) is 0.731. The van der Waals surface area contributed by atoms with Crippen molar-refractivity contribution >= 4 is 11.9 Å². The van der Waals surface area contributed by atoms with Crippen molar-refractivity contribution in [3.63, 3.8) is 0 Å². The number of amides is 1. The highest BCUT2D eigenvalue weighted by Gasteiger charge is 2.22. The summed E-state index contributed by atoms with van der Waals surface area (Å²) in [6.07, 6.45) is -0.0660. The fraction of sp³-hybridized carbons (Fsp3) is 0.583. The van der Waals surface area contributed by atoms with Crippen LogP contribution in [0.15, 0.2) is 0 Å². The lowest BCUT2D eigenvalue weighted by molar-refractivity contribution is -0.136. The van der Waals surface area contributed by atoms with Crippen LogP contribution >= 0.6 is 0 Å². The van der Waals surface area contributed by atoms with E-state index in [9.17, 15) is 9.59 Å². The van der Waals surface area contributed by atoms with Gasteiger partial charge in [0.15, 0.2) is 0 Å². The van der Waals surface area contributed by atoms with Crippen molar-refractivity contribution in [1.82, 2.24) is 15.1 Å². The molecule has 1 rings (SSSR count). The Bertz CT molecular complexity index is 465. The summed E-state index contributed by atoms with van der Waals surface area (Å²) in [4.78, 5) is 22.3. The van der Waals surface area contributed by atoms with Gasteiger partial charge in [-0.3, -0.25) is 14.3 Å². The Hall–Kier alpha value is -1.85. The number of aromatic nitrogens is 2. The second kappa shape index (κ2) is 5.66. The standard InChI is InChI=1S/C12H19N3O3/c1-7(12(18)13-6-5-10(16)17)11-8(2)14-15(4)9(11)3/h7H,5-6H2,1-4H3,(H,13,18)(H,16,17). The zero-order valence-electron chi connectivity index (χ0n) is 11.1. The zero-order valence-corrected chi connectivity index (χ0v) is 11.1.